The lowest BCUT2D eigenvalue weighted by Gasteiger charge is -1.97. The van der Waals surface area contributed by atoms with E-state index < -0.39 is 0 Å². The van der Waals surface area contributed by atoms with Crippen molar-refractivity contribution in [3.8, 4) is 0 Å². The highest BCUT2D eigenvalue weighted by Crippen LogP contribution is 2.09. The van der Waals surface area contributed by atoms with Crippen molar-refractivity contribution in [1.82, 2.24) is 4.98 Å². The highest BCUT2D eigenvalue weighted by molar-refractivity contribution is 14.1. The van der Waals surface area contributed by atoms with Gasteiger partial charge in [-0.3, -0.25) is 4.98 Å². The summed E-state index contributed by atoms with van der Waals surface area (Å²) in [6.45, 7) is 1.97. The van der Waals surface area contributed by atoms with Crippen LogP contribution in [0.3, 0.4) is 0 Å². The van der Waals surface area contributed by atoms with E-state index in [2.05, 4.69) is 27.6 Å². The third-order valence-corrected chi connectivity index (χ3v) is 2.00. The maximum atomic E-state index is 5.61. The molecule has 1 heterocycles. The second-order valence-electron chi connectivity index (χ2n) is 2.05. The number of aromatic nitrogens is 1. The molecule has 0 aliphatic carbocycles. The zero-order chi connectivity index (χ0) is 7.56. The minimum absolute atomic E-state index is 0.498. The predicted molar refractivity (Wildman–Crippen MR) is 51.2 cm³/mol. The highest BCUT2D eigenvalue weighted by atomic mass is 127. The smallest absolute Gasteiger partial charge is 0.0647 e. The number of alkyl halides is 1. The van der Waals surface area contributed by atoms with Gasteiger partial charge in [-0.1, -0.05) is 0 Å². The minimum atomic E-state index is 0.498. The monoisotopic (exact) mass is 267 g/mol. The zero-order valence-electron chi connectivity index (χ0n) is 5.56. The quantitative estimate of drug-likeness (QED) is 0.563. The van der Waals surface area contributed by atoms with Crippen LogP contribution < -0.4 is 0 Å². The Bertz CT molecular complexity index is 217. The molecule has 3 heteroatoms. The van der Waals surface area contributed by atoms with Crippen molar-refractivity contribution in [1.29, 1.82) is 0 Å². The number of rotatable bonds is 1. The van der Waals surface area contributed by atoms with Gasteiger partial charge in [-0.2, -0.15) is 0 Å². The number of aryl methyl sites for hydroxylation is 1. The van der Waals surface area contributed by atoms with Gasteiger partial charge >= 0.3 is 0 Å². The first-order chi connectivity index (χ1) is 4.72. The van der Waals surface area contributed by atoms with E-state index in [0.717, 1.165) is 11.4 Å². The van der Waals surface area contributed by atoms with Gasteiger partial charge in [0, 0.05) is 9.26 Å². The second-order valence-corrected chi connectivity index (χ2v) is 3.56. The highest BCUT2D eigenvalue weighted by Gasteiger charge is 1.94. The van der Waals surface area contributed by atoms with E-state index in [1.54, 1.807) is 0 Å². The van der Waals surface area contributed by atoms with Crippen molar-refractivity contribution in [2.75, 3.05) is 0 Å². The normalized spacial score (nSPS) is 9.90. The van der Waals surface area contributed by atoms with Crippen molar-refractivity contribution in [3.63, 3.8) is 0 Å². The van der Waals surface area contributed by atoms with Crippen LogP contribution in [0.2, 0.25) is 0 Å². The summed E-state index contributed by atoms with van der Waals surface area (Å²) in [5, 5.41) is 0. The van der Waals surface area contributed by atoms with Crippen LogP contribution in [0.5, 0.6) is 0 Å². The summed E-state index contributed by atoms with van der Waals surface area (Å²) >= 11 is 7.86. The molecular formula is C7H7ClIN. The Morgan fingerprint density at radius 1 is 1.60 bits per heavy atom. The first-order valence-electron chi connectivity index (χ1n) is 2.91. The molecule has 0 aliphatic rings. The zero-order valence-corrected chi connectivity index (χ0v) is 8.48. The summed E-state index contributed by atoms with van der Waals surface area (Å²) in [6.07, 6.45) is 0. The molecular weight excluding hydrogens is 260 g/mol. The van der Waals surface area contributed by atoms with Crippen molar-refractivity contribution in [3.05, 3.63) is 27.1 Å². The van der Waals surface area contributed by atoms with Crippen LogP contribution in [-0.4, -0.2) is 4.98 Å². The molecule has 0 fully saturated rings. The lowest BCUT2D eigenvalue weighted by Crippen LogP contribution is -1.89. The molecule has 0 unspecified atom stereocenters. The van der Waals surface area contributed by atoms with Gasteiger partial charge in [-0.05, 0) is 41.6 Å². The van der Waals surface area contributed by atoms with Gasteiger partial charge in [0.05, 0.1) is 11.6 Å². The largest absolute Gasteiger partial charge is 0.257 e. The molecule has 0 atom stereocenters. The fourth-order valence-electron chi connectivity index (χ4n) is 0.760. The Labute approximate surface area is 78.9 Å². The molecule has 1 nitrogen and oxygen atoms in total. The SMILES string of the molecule is Cc1cc(I)cc(CCl)n1. The molecule has 0 radical (unpaired) electrons. The van der Waals surface area contributed by atoms with E-state index in [-0.39, 0.29) is 0 Å². The molecule has 1 rings (SSSR count). The van der Waals surface area contributed by atoms with E-state index in [1.807, 2.05) is 19.1 Å². The third-order valence-electron chi connectivity index (χ3n) is 1.11. The average molecular weight is 267 g/mol. The molecule has 0 spiro atoms. The summed E-state index contributed by atoms with van der Waals surface area (Å²) in [4.78, 5) is 4.22. The Balaban J connectivity index is 3.06. The molecule has 0 bridgehead atoms. The minimum Gasteiger partial charge on any atom is -0.257 e. The van der Waals surface area contributed by atoms with E-state index in [4.69, 9.17) is 11.6 Å². The number of pyridine rings is 1. The van der Waals surface area contributed by atoms with E-state index in [1.165, 1.54) is 3.57 Å². The van der Waals surface area contributed by atoms with Gasteiger partial charge in [0.15, 0.2) is 0 Å². The van der Waals surface area contributed by atoms with Crippen LogP contribution in [0.1, 0.15) is 11.4 Å². The summed E-state index contributed by atoms with van der Waals surface area (Å²) in [6, 6.07) is 4.01. The first kappa shape index (κ1) is 8.27. The van der Waals surface area contributed by atoms with Crippen molar-refractivity contribution >= 4 is 34.2 Å². The Hall–Kier alpha value is 0.170. The van der Waals surface area contributed by atoms with E-state index >= 15 is 0 Å². The van der Waals surface area contributed by atoms with Crippen LogP contribution in [0.15, 0.2) is 12.1 Å². The number of nitrogens with zero attached hydrogens (tertiary/aromatic N) is 1. The molecule has 1 aromatic rings. The average Bonchev–Trinajstić information content (AvgIpc) is 1.85. The lowest BCUT2D eigenvalue weighted by molar-refractivity contribution is 1.09. The number of hydrogen-bond donors (Lipinski definition) is 0. The second kappa shape index (κ2) is 3.53. The summed E-state index contributed by atoms with van der Waals surface area (Å²) < 4.78 is 1.20. The summed E-state index contributed by atoms with van der Waals surface area (Å²) in [7, 11) is 0. The van der Waals surface area contributed by atoms with Crippen molar-refractivity contribution in [2.24, 2.45) is 0 Å². The molecule has 54 valence electrons. The van der Waals surface area contributed by atoms with Crippen LogP contribution in [0.25, 0.3) is 0 Å². The van der Waals surface area contributed by atoms with Gasteiger partial charge in [-0.25, -0.2) is 0 Å². The molecule has 1 aromatic heterocycles. The molecule has 0 N–H and O–H groups in total. The lowest BCUT2D eigenvalue weighted by atomic mass is 10.3. The molecule has 0 saturated heterocycles. The summed E-state index contributed by atoms with van der Waals surface area (Å²) in [5.74, 6) is 0.498. The molecule has 0 aliphatic heterocycles. The number of hydrogen-bond acceptors (Lipinski definition) is 1. The van der Waals surface area contributed by atoms with Gasteiger partial charge in [0.1, 0.15) is 0 Å². The van der Waals surface area contributed by atoms with Crippen LogP contribution >= 0.6 is 34.2 Å². The van der Waals surface area contributed by atoms with Crippen LogP contribution in [0, 0.1) is 10.5 Å². The first-order valence-corrected chi connectivity index (χ1v) is 4.52. The van der Waals surface area contributed by atoms with E-state index in [0.29, 0.717) is 5.88 Å². The standard InChI is InChI=1S/C7H7ClIN/c1-5-2-6(9)3-7(4-8)10-5/h2-3H,4H2,1H3. The number of halogens is 2. The van der Waals surface area contributed by atoms with E-state index in [9.17, 15) is 0 Å². The maximum absolute atomic E-state index is 5.61. The van der Waals surface area contributed by atoms with Gasteiger partial charge in [-0.15, -0.1) is 11.6 Å². The van der Waals surface area contributed by atoms with Crippen molar-refractivity contribution < 1.29 is 0 Å². The van der Waals surface area contributed by atoms with Gasteiger partial charge < -0.3 is 0 Å². The third kappa shape index (κ3) is 2.09. The Morgan fingerprint density at radius 2 is 2.30 bits per heavy atom. The predicted octanol–water partition coefficient (Wildman–Crippen LogP) is 2.73. The Kier molecular flexibility index (Phi) is 2.92. The summed E-state index contributed by atoms with van der Waals surface area (Å²) in [5.41, 5.74) is 1.98. The Morgan fingerprint density at radius 3 is 2.80 bits per heavy atom. The van der Waals surface area contributed by atoms with Gasteiger partial charge in [0.25, 0.3) is 0 Å². The molecule has 0 aromatic carbocycles. The molecule has 10 heavy (non-hydrogen) atoms. The van der Waals surface area contributed by atoms with Crippen molar-refractivity contribution in [2.45, 2.75) is 12.8 Å². The maximum Gasteiger partial charge on any atom is 0.0647 e. The fourth-order valence-corrected chi connectivity index (χ4v) is 1.71. The molecule has 0 amide bonds. The van der Waals surface area contributed by atoms with Crippen LogP contribution in [-0.2, 0) is 5.88 Å². The topological polar surface area (TPSA) is 12.9 Å². The van der Waals surface area contributed by atoms with Gasteiger partial charge in [0.2, 0.25) is 0 Å². The van der Waals surface area contributed by atoms with Crippen LogP contribution in [0.4, 0.5) is 0 Å². The fraction of sp³-hybridized carbons (Fsp3) is 0.286. The molecule has 0 saturated carbocycles.